The van der Waals surface area contributed by atoms with Crippen LogP contribution in [-0.2, 0) is 20.7 Å². The van der Waals surface area contributed by atoms with Gasteiger partial charge in [0.15, 0.2) is 5.11 Å². The molecule has 3 N–H and O–H groups in total. The molecule has 0 saturated heterocycles. The summed E-state index contributed by atoms with van der Waals surface area (Å²) in [6.07, 6.45) is 2.10. The summed E-state index contributed by atoms with van der Waals surface area (Å²) in [5, 5.41) is 2.91. The lowest BCUT2D eigenvalue weighted by Gasteiger charge is -2.11. The van der Waals surface area contributed by atoms with Crippen LogP contribution in [-0.4, -0.2) is 29.5 Å². The Morgan fingerprint density at radius 2 is 1.69 bits per heavy atom. The molecule has 2 amide bonds. The van der Waals surface area contributed by atoms with Crippen molar-refractivity contribution in [3.63, 3.8) is 0 Å². The van der Waals surface area contributed by atoms with E-state index in [1.165, 1.54) is 23.8 Å². The average Bonchev–Trinajstić information content (AvgIpc) is 2.76. The summed E-state index contributed by atoms with van der Waals surface area (Å²) in [6, 6.07) is 14.4. The van der Waals surface area contributed by atoms with Crippen LogP contribution in [0.2, 0.25) is 10.0 Å². The second kappa shape index (κ2) is 13.7. The predicted molar refractivity (Wildman–Crippen MR) is 127 cm³/mol. The third-order valence-electron chi connectivity index (χ3n) is 4.22. The van der Waals surface area contributed by atoms with Gasteiger partial charge in [0.05, 0.1) is 17.2 Å². The highest BCUT2D eigenvalue weighted by Gasteiger charge is 2.12. The number of hydrogen-bond donors (Lipinski definition) is 3. The highest BCUT2D eigenvalue weighted by atomic mass is 35.5. The van der Waals surface area contributed by atoms with E-state index in [2.05, 4.69) is 16.2 Å². The zero-order chi connectivity index (χ0) is 23.3. The number of ether oxygens (including phenoxy) is 1. The summed E-state index contributed by atoms with van der Waals surface area (Å²) in [5.74, 6) is -1.28. The van der Waals surface area contributed by atoms with Gasteiger partial charge in [-0.2, -0.15) is 0 Å². The maximum Gasteiger partial charge on any atom is 0.305 e. The number of carbonyl (C=O) groups excluding carboxylic acids is 3. The van der Waals surface area contributed by atoms with Crippen LogP contribution in [0.25, 0.3) is 0 Å². The van der Waals surface area contributed by atoms with E-state index in [1.807, 2.05) is 30.3 Å². The Bertz CT molecular complexity index is 957. The quantitative estimate of drug-likeness (QED) is 0.210. The van der Waals surface area contributed by atoms with Gasteiger partial charge in [0, 0.05) is 17.9 Å². The normalized spacial score (nSPS) is 10.2. The molecule has 0 aromatic heterocycles. The van der Waals surface area contributed by atoms with Crippen molar-refractivity contribution >= 4 is 58.3 Å². The fourth-order valence-corrected chi connectivity index (χ4v) is 3.31. The molecule has 32 heavy (non-hydrogen) atoms. The number of hydrogen-bond acceptors (Lipinski definition) is 5. The van der Waals surface area contributed by atoms with Crippen LogP contribution >= 0.6 is 35.4 Å². The zero-order valence-electron chi connectivity index (χ0n) is 17.2. The molecule has 0 atom stereocenters. The maximum atomic E-state index is 12.1. The van der Waals surface area contributed by atoms with E-state index in [-0.39, 0.29) is 34.5 Å². The minimum Gasteiger partial charge on any atom is -0.466 e. The largest absolute Gasteiger partial charge is 0.466 e. The Hall–Kier alpha value is -2.68. The molecule has 170 valence electrons. The molecule has 0 spiro atoms. The molecule has 10 heteroatoms. The smallest absolute Gasteiger partial charge is 0.305 e. The summed E-state index contributed by atoms with van der Waals surface area (Å²) in [4.78, 5) is 35.8. The van der Waals surface area contributed by atoms with Crippen molar-refractivity contribution in [3.8, 4) is 0 Å². The Morgan fingerprint density at radius 3 is 2.41 bits per heavy atom. The Kier molecular flexibility index (Phi) is 10.9. The van der Waals surface area contributed by atoms with Gasteiger partial charge in [-0.15, -0.1) is 0 Å². The van der Waals surface area contributed by atoms with Crippen molar-refractivity contribution in [2.45, 2.75) is 32.1 Å². The molecule has 7 nitrogen and oxygen atoms in total. The van der Waals surface area contributed by atoms with Crippen LogP contribution in [0.3, 0.4) is 0 Å². The van der Waals surface area contributed by atoms with Crippen LogP contribution in [0.4, 0.5) is 0 Å². The molecule has 0 aliphatic heterocycles. The molecule has 0 heterocycles. The molecular formula is C22H23Cl2N3O4S. The first-order chi connectivity index (χ1) is 15.3. The molecular weight excluding hydrogens is 473 g/mol. The third-order valence-corrected chi connectivity index (χ3v) is 4.97. The molecule has 2 aromatic carbocycles. The lowest BCUT2D eigenvalue weighted by atomic mass is 10.1. The maximum absolute atomic E-state index is 12.1. The Labute approximate surface area is 201 Å². The van der Waals surface area contributed by atoms with Gasteiger partial charge in [-0.1, -0.05) is 53.5 Å². The molecule has 2 aromatic rings. The highest BCUT2D eigenvalue weighted by Crippen LogP contribution is 2.20. The number of esters is 1. The molecule has 0 fully saturated rings. The van der Waals surface area contributed by atoms with Gasteiger partial charge in [0.25, 0.3) is 5.91 Å². The molecule has 0 bridgehead atoms. The molecule has 0 aliphatic rings. The molecule has 0 saturated carbocycles. The second-order valence-corrected chi connectivity index (χ2v) is 8.00. The van der Waals surface area contributed by atoms with Crippen LogP contribution < -0.4 is 16.2 Å². The number of benzene rings is 2. The number of halogens is 2. The summed E-state index contributed by atoms with van der Waals surface area (Å²) in [5.41, 5.74) is 6.14. The highest BCUT2D eigenvalue weighted by molar-refractivity contribution is 7.80. The van der Waals surface area contributed by atoms with Gasteiger partial charge in [-0.3, -0.25) is 25.2 Å². The number of nitrogens with one attached hydrogen (secondary N) is 3. The molecule has 0 aliphatic carbocycles. The van der Waals surface area contributed by atoms with Crippen molar-refractivity contribution in [3.05, 3.63) is 69.7 Å². The molecule has 2 rings (SSSR count). The van der Waals surface area contributed by atoms with Gasteiger partial charge in [0.2, 0.25) is 5.91 Å². The van der Waals surface area contributed by atoms with E-state index >= 15 is 0 Å². The van der Waals surface area contributed by atoms with E-state index in [1.54, 1.807) is 0 Å². The third kappa shape index (κ3) is 9.64. The first-order valence-electron chi connectivity index (χ1n) is 9.90. The van der Waals surface area contributed by atoms with Gasteiger partial charge < -0.3 is 10.1 Å². The minimum absolute atomic E-state index is 0.0812. The van der Waals surface area contributed by atoms with Crippen molar-refractivity contribution < 1.29 is 19.1 Å². The first kappa shape index (κ1) is 25.6. The number of carbonyl (C=O) groups is 3. The van der Waals surface area contributed by atoms with E-state index < -0.39 is 11.8 Å². The number of aryl methyl sites for hydroxylation is 1. The van der Waals surface area contributed by atoms with Crippen molar-refractivity contribution in [2.75, 3.05) is 6.61 Å². The number of rotatable bonds is 9. The van der Waals surface area contributed by atoms with E-state index in [4.69, 9.17) is 40.2 Å². The standard InChI is InChI=1S/C22H23Cl2N3O4S/c23-16-11-12-17(18(24)14-16)21(30)26-27-22(32)25-19(28)9-4-10-20(29)31-13-5-8-15-6-2-1-3-7-15/h1-3,6-7,11-12,14H,4-5,8-10,13H2,(H,26,30)(H2,25,27,28,32). The summed E-state index contributed by atoms with van der Waals surface area (Å²) in [7, 11) is 0. The van der Waals surface area contributed by atoms with Crippen molar-refractivity contribution in [2.24, 2.45) is 0 Å². The first-order valence-corrected chi connectivity index (χ1v) is 11.1. The van der Waals surface area contributed by atoms with E-state index in [9.17, 15) is 14.4 Å². The Morgan fingerprint density at radius 1 is 0.938 bits per heavy atom. The van der Waals surface area contributed by atoms with Crippen LogP contribution in [0.5, 0.6) is 0 Å². The number of thiocarbonyl (C=S) groups is 1. The number of amides is 2. The monoisotopic (exact) mass is 495 g/mol. The lowest BCUT2D eigenvalue weighted by molar-refractivity contribution is -0.143. The SMILES string of the molecule is O=C(CCCC(=O)OCCCc1ccccc1)NC(=S)NNC(=O)c1ccc(Cl)cc1Cl. The Balaban J connectivity index is 1.56. The topological polar surface area (TPSA) is 96.5 Å². The van der Waals surface area contributed by atoms with Gasteiger partial charge in [-0.05, 0) is 55.2 Å². The zero-order valence-corrected chi connectivity index (χ0v) is 19.5. The minimum atomic E-state index is -0.543. The summed E-state index contributed by atoms with van der Waals surface area (Å²) in [6.45, 7) is 0.339. The summed E-state index contributed by atoms with van der Waals surface area (Å²) < 4.78 is 5.18. The van der Waals surface area contributed by atoms with Crippen LogP contribution in [0, 0.1) is 0 Å². The fourth-order valence-electron chi connectivity index (χ4n) is 2.65. The molecule has 0 radical (unpaired) electrons. The number of hydrazine groups is 1. The van der Waals surface area contributed by atoms with E-state index in [0.717, 1.165) is 12.8 Å². The second-order valence-electron chi connectivity index (χ2n) is 6.74. The van der Waals surface area contributed by atoms with Crippen LogP contribution in [0.1, 0.15) is 41.6 Å². The van der Waals surface area contributed by atoms with Crippen LogP contribution in [0.15, 0.2) is 48.5 Å². The lowest BCUT2D eigenvalue weighted by Crippen LogP contribution is -2.48. The van der Waals surface area contributed by atoms with Crippen molar-refractivity contribution in [1.29, 1.82) is 0 Å². The van der Waals surface area contributed by atoms with Crippen molar-refractivity contribution in [1.82, 2.24) is 16.2 Å². The van der Waals surface area contributed by atoms with E-state index in [0.29, 0.717) is 18.1 Å². The van der Waals surface area contributed by atoms with Gasteiger partial charge in [0.1, 0.15) is 0 Å². The average molecular weight is 496 g/mol. The van der Waals surface area contributed by atoms with Gasteiger partial charge in [-0.25, -0.2) is 0 Å². The summed E-state index contributed by atoms with van der Waals surface area (Å²) >= 11 is 16.7. The fraction of sp³-hybridized carbons (Fsp3) is 0.273. The van der Waals surface area contributed by atoms with Gasteiger partial charge >= 0.3 is 5.97 Å². The predicted octanol–water partition coefficient (Wildman–Crippen LogP) is 3.98. The molecule has 0 unspecified atom stereocenters.